The highest BCUT2D eigenvalue weighted by atomic mass is 15.3. The Hall–Kier alpha value is -1.68. The van der Waals surface area contributed by atoms with Crippen molar-refractivity contribution in [3.05, 3.63) is 36.2 Å². The van der Waals surface area contributed by atoms with Crippen LogP contribution < -0.4 is 5.32 Å². The van der Waals surface area contributed by atoms with E-state index >= 15 is 0 Å². The van der Waals surface area contributed by atoms with Crippen LogP contribution in [-0.4, -0.2) is 27.9 Å². The van der Waals surface area contributed by atoms with Gasteiger partial charge in [0.25, 0.3) is 0 Å². The Morgan fingerprint density at radius 1 is 1.25 bits per heavy atom. The van der Waals surface area contributed by atoms with Gasteiger partial charge in [-0.25, -0.2) is 0 Å². The van der Waals surface area contributed by atoms with Crippen molar-refractivity contribution in [2.75, 3.05) is 13.1 Å². The van der Waals surface area contributed by atoms with Crippen molar-refractivity contribution >= 4 is 0 Å². The molecule has 106 valence electrons. The first-order valence-corrected chi connectivity index (χ1v) is 7.58. The number of aromatic nitrogens is 3. The van der Waals surface area contributed by atoms with Gasteiger partial charge in [-0.2, -0.15) is 5.10 Å². The summed E-state index contributed by atoms with van der Waals surface area (Å²) in [6, 6.07) is 8.45. The minimum absolute atomic E-state index is 0.596. The molecule has 4 nitrogen and oxygen atoms in total. The van der Waals surface area contributed by atoms with E-state index in [-0.39, 0.29) is 0 Å². The lowest BCUT2D eigenvalue weighted by Gasteiger charge is -2.22. The van der Waals surface area contributed by atoms with Crippen LogP contribution in [0.15, 0.2) is 30.5 Å². The highest BCUT2D eigenvalue weighted by molar-refractivity contribution is 5.54. The maximum Gasteiger partial charge on any atom is 0.0886 e. The summed E-state index contributed by atoms with van der Waals surface area (Å²) in [7, 11) is 0. The van der Waals surface area contributed by atoms with Gasteiger partial charge in [-0.1, -0.05) is 13.0 Å². The molecule has 20 heavy (non-hydrogen) atoms. The predicted molar refractivity (Wildman–Crippen MR) is 80.6 cm³/mol. The second-order valence-corrected chi connectivity index (χ2v) is 5.41. The number of hydrogen-bond acceptors (Lipinski definition) is 3. The molecule has 0 amide bonds. The van der Waals surface area contributed by atoms with Gasteiger partial charge >= 0.3 is 0 Å². The molecule has 0 spiro atoms. The third kappa shape index (κ3) is 2.75. The van der Waals surface area contributed by atoms with Crippen molar-refractivity contribution in [3.8, 4) is 11.4 Å². The average Bonchev–Trinajstić information content (AvgIpc) is 2.97. The average molecular weight is 270 g/mol. The van der Waals surface area contributed by atoms with Gasteiger partial charge in [0.15, 0.2) is 0 Å². The first kappa shape index (κ1) is 13.3. The molecule has 3 heterocycles. The van der Waals surface area contributed by atoms with E-state index in [2.05, 4.69) is 46.3 Å². The largest absolute Gasteiger partial charge is 0.317 e. The summed E-state index contributed by atoms with van der Waals surface area (Å²) in [5.41, 5.74) is 3.41. The van der Waals surface area contributed by atoms with Gasteiger partial charge in [0.2, 0.25) is 0 Å². The van der Waals surface area contributed by atoms with Gasteiger partial charge in [-0.15, -0.1) is 0 Å². The van der Waals surface area contributed by atoms with Crippen molar-refractivity contribution in [1.29, 1.82) is 0 Å². The molecule has 1 aliphatic heterocycles. The number of hydrogen-bond donors (Lipinski definition) is 1. The quantitative estimate of drug-likeness (QED) is 0.929. The second-order valence-electron chi connectivity index (χ2n) is 5.41. The van der Waals surface area contributed by atoms with Crippen molar-refractivity contribution in [2.24, 2.45) is 0 Å². The van der Waals surface area contributed by atoms with Gasteiger partial charge in [0.1, 0.15) is 0 Å². The minimum atomic E-state index is 0.596. The van der Waals surface area contributed by atoms with Crippen LogP contribution in [0.2, 0.25) is 0 Å². The summed E-state index contributed by atoms with van der Waals surface area (Å²) >= 11 is 0. The Morgan fingerprint density at radius 3 is 2.90 bits per heavy atom. The molecule has 1 aliphatic rings. The van der Waals surface area contributed by atoms with Gasteiger partial charge < -0.3 is 5.32 Å². The van der Waals surface area contributed by atoms with Crippen LogP contribution in [0.25, 0.3) is 11.4 Å². The lowest BCUT2D eigenvalue weighted by atomic mass is 9.94. The molecule has 2 aromatic rings. The lowest BCUT2D eigenvalue weighted by Crippen LogP contribution is -2.27. The third-order valence-corrected chi connectivity index (χ3v) is 3.94. The van der Waals surface area contributed by atoms with Gasteiger partial charge in [-0.3, -0.25) is 9.67 Å². The molecule has 3 rings (SSSR count). The van der Waals surface area contributed by atoms with E-state index in [9.17, 15) is 0 Å². The molecule has 4 heteroatoms. The number of pyridine rings is 1. The number of rotatable bonds is 4. The zero-order valence-electron chi connectivity index (χ0n) is 12.0. The number of aryl methyl sites for hydroxylation is 1. The van der Waals surface area contributed by atoms with Crippen LogP contribution >= 0.6 is 0 Å². The zero-order chi connectivity index (χ0) is 13.8. The molecule has 0 radical (unpaired) electrons. The molecule has 0 unspecified atom stereocenters. The van der Waals surface area contributed by atoms with Crippen molar-refractivity contribution in [2.45, 2.75) is 38.6 Å². The Bertz CT molecular complexity index is 555. The molecular formula is C16H22N4. The molecule has 0 aliphatic carbocycles. The van der Waals surface area contributed by atoms with E-state index in [1.165, 1.54) is 18.5 Å². The Kier molecular flexibility index (Phi) is 4.11. The second kappa shape index (κ2) is 6.18. The fraction of sp³-hybridized carbons (Fsp3) is 0.500. The lowest BCUT2D eigenvalue weighted by molar-refractivity contribution is 0.453. The van der Waals surface area contributed by atoms with Crippen LogP contribution in [0.5, 0.6) is 0 Å². The summed E-state index contributed by atoms with van der Waals surface area (Å²) in [5, 5.41) is 7.80. The normalized spacial score (nSPS) is 16.4. The van der Waals surface area contributed by atoms with Crippen molar-refractivity contribution < 1.29 is 0 Å². The van der Waals surface area contributed by atoms with Crippen LogP contribution in [-0.2, 0) is 6.54 Å². The van der Waals surface area contributed by atoms with Gasteiger partial charge in [-0.05, 0) is 50.6 Å². The maximum absolute atomic E-state index is 4.89. The van der Waals surface area contributed by atoms with Gasteiger partial charge in [0, 0.05) is 24.4 Å². The SMILES string of the molecule is CCCn1nccc1-c1cccc(C2CCNCC2)n1. The fourth-order valence-corrected chi connectivity index (χ4v) is 2.88. The smallest absolute Gasteiger partial charge is 0.0886 e. The highest BCUT2D eigenvalue weighted by Gasteiger charge is 2.17. The van der Waals surface area contributed by atoms with Crippen molar-refractivity contribution in [3.63, 3.8) is 0 Å². The summed E-state index contributed by atoms with van der Waals surface area (Å²) in [4.78, 5) is 4.89. The van der Waals surface area contributed by atoms with Gasteiger partial charge in [0.05, 0.1) is 11.4 Å². The van der Waals surface area contributed by atoms with Crippen LogP contribution in [0.1, 0.15) is 37.8 Å². The summed E-state index contributed by atoms with van der Waals surface area (Å²) in [6.45, 7) is 5.32. The van der Waals surface area contributed by atoms with E-state index in [1.807, 2.05) is 6.20 Å². The van der Waals surface area contributed by atoms with E-state index in [0.717, 1.165) is 37.4 Å². The van der Waals surface area contributed by atoms with Crippen molar-refractivity contribution in [1.82, 2.24) is 20.1 Å². The molecule has 0 bridgehead atoms. The molecule has 2 aromatic heterocycles. The number of nitrogens with zero attached hydrogens (tertiary/aromatic N) is 3. The minimum Gasteiger partial charge on any atom is -0.317 e. The third-order valence-electron chi connectivity index (χ3n) is 3.94. The standard InChI is InChI=1S/C16H22N4/c1-2-12-20-16(8-11-18-20)15-5-3-4-14(19-15)13-6-9-17-10-7-13/h3-5,8,11,13,17H,2,6-7,9-10,12H2,1H3. The number of nitrogens with one attached hydrogen (secondary N) is 1. The number of piperidine rings is 1. The van der Waals surface area contributed by atoms with Crippen LogP contribution in [0.4, 0.5) is 0 Å². The highest BCUT2D eigenvalue weighted by Crippen LogP contribution is 2.26. The Labute approximate surface area is 120 Å². The van der Waals surface area contributed by atoms with E-state index < -0.39 is 0 Å². The molecular weight excluding hydrogens is 248 g/mol. The van der Waals surface area contributed by atoms with E-state index in [0.29, 0.717) is 5.92 Å². The molecule has 1 fully saturated rings. The summed E-state index contributed by atoms with van der Waals surface area (Å²) in [5.74, 6) is 0.596. The maximum atomic E-state index is 4.89. The van der Waals surface area contributed by atoms with Crippen LogP contribution in [0, 0.1) is 0 Å². The van der Waals surface area contributed by atoms with E-state index in [4.69, 9.17) is 4.98 Å². The predicted octanol–water partition coefficient (Wildman–Crippen LogP) is 2.82. The first-order valence-electron chi connectivity index (χ1n) is 7.58. The fourth-order valence-electron chi connectivity index (χ4n) is 2.88. The summed E-state index contributed by atoms with van der Waals surface area (Å²) in [6.07, 6.45) is 5.32. The summed E-state index contributed by atoms with van der Waals surface area (Å²) < 4.78 is 2.05. The first-order chi connectivity index (χ1) is 9.88. The zero-order valence-corrected chi connectivity index (χ0v) is 12.0. The topological polar surface area (TPSA) is 42.7 Å². The molecule has 0 atom stereocenters. The monoisotopic (exact) mass is 270 g/mol. The Balaban J connectivity index is 1.88. The van der Waals surface area contributed by atoms with Crippen LogP contribution in [0.3, 0.4) is 0 Å². The molecule has 0 aromatic carbocycles. The molecule has 1 N–H and O–H groups in total. The van der Waals surface area contributed by atoms with E-state index in [1.54, 1.807) is 0 Å². The molecule has 1 saturated heterocycles. The molecule has 0 saturated carbocycles. The Morgan fingerprint density at radius 2 is 2.10 bits per heavy atom.